The highest BCUT2D eigenvalue weighted by molar-refractivity contribution is 6.30. The molecule has 2 rings (SSSR count). The Hall–Kier alpha value is -2.12. The number of nitrogens with zero attached hydrogens (tertiary/aromatic N) is 1. The summed E-state index contributed by atoms with van der Waals surface area (Å²) in [7, 11) is 1.58. The Bertz CT molecular complexity index is 898. The van der Waals surface area contributed by atoms with E-state index in [-0.39, 0.29) is 30.1 Å². The minimum absolute atomic E-state index is 0.108. The van der Waals surface area contributed by atoms with Crippen molar-refractivity contribution in [3.05, 3.63) is 34.9 Å². The molecule has 1 aliphatic heterocycles. The van der Waals surface area contributed by atoms with Crippen molar-refractivity contribution in [1.82, 2.24) is 15.5 Å². The first-order valence-corrected chi connectivity index (χ1v) is 12.3. The highest BCUT2D eigenvalue weighted by atomic mass is 35.5. The molecule has 2 atom stereocenters. The van der Waals surface area contributed by atoms with Gasteiger partial charge in [0.05, 0.1) is 5.60 Å². The summed E-state index contributed by atoms with van der Waals surface area (Å²) in [6.45, 7) is 12.0. The number of carbonyl (C=O) groups excluding carboxylic acids is 3. The fourth-order valence-corrected chi connectivity index (χ4v) is 4.73. The van der Waals surface area contributed by atoms with Gasteiger partial charge in [0.25, 0.3) is 0 Å². The molecule has 0 aromatic heterocycles. The number of hydrogen-bond acceptors (Lipinski definition) is 4. The second-order valence-corrected chi connectivity index (χ2v) is 11.4. The van der Waals surface area contributed by atoms with Crippen LogP contribution in [0.1, 0.15) is 66.4 Å². The van der Waals surface area contributed by atoms with Crippen LogP contribution in [0.25, 0.3) is 0 Å². The van der Waals surface area contributed by atoms with Gasteiger partial charge < -0.3 is 20.6 Å². The molecule has 1 aromatic rings. The van der Waals surface area contributed by atoms with Crippen molar-refractivity contribution in [3.8, 4) is 0 Å². The number of likely N-dealkylation sites (tertiary alicyclic amines) is 1. The lowest BCUT2D eigenvalue weighted by molar-refractivity contribution is -0.156. The SMILES string of the molecule is CNC(=O)C(C)(C)CCC(=O)NC(C(=O)N1CCC(O)(c2ccc(Cl)cc2)C(C)(C)C1)C(C)C. The highest BCUT2D eigenvalue weighted by Crippen LogP contribution is 2.46. The summed E-state index contributed by atoms with van der Waals surface area (Å²) in [6.07, 6.45) is 0.910. The molecule has 1 saturated heterocycles. The largest absolute Gasteiger partial charge is 0.384 e. The van der Waals surface area contributed by atoms with Gasteiger partial charge >= 0.3 is 0 Å². The van der Waals surface area contributed by atoms with E-state index in [1.165, 1.54) is 0 Å². The first-order valence-electron chi connectivity index (χ1n) is 11.9. The first kappa shape index (κ1) is 28.1. The number of aliphatic hydroxyl groups is 1. The maximum Gasteiger partial charge on any atom is 0.245 e. The molecule has 0 radical (unpaired) electrons. The van der Waals surface area contributed by atoms with Gasteiger partial charge in [-0.15, -0.1) is 0 Å². The van der Waals surface area contributed by atoms with E-state index in [1.54, 1.807) is 37.9 Å². The van der Waals surface area contributed by atoms with Crippen molar-refractivity contribution in [3.63, 3.8) is 0 Å². The van der Waals surface area contributed by atoms with Gasteiger partial charge in [-0.2, -0.15) is 0 Å². The smallest absolute Gasteiger partial charge is 0.245 e. The predicted molar refractivity (Wildman–Crippen MR) is 134 cm³/mol. The van der Waals surface area contributed by atoms with E-state index in [4.69, 9.17) is 11.6 Å². The zero-order valence-electron chi connectivity index (χ0n) is 21.5. The van der Waals surface area contributed by atoms with E-state index in [0.29, 0.717) is 31.0 Å². The van der Waals surface area contributed by atoms with Crippen LogP contribution in [-0.2, 0) is 20.0 Å². The van der Waals surface area contributed by atoms with Crippen LogP contribution in [0, 0.1) is 16.7 Å². The Morgan fingerprint density at radius 1 is 1.18 bits per heavy atom. The van der Waals surface area contributed by atoms with Crippen LogP contribution in [0.3, 0.4) is 0 Å². The Balaban J connectivity index is 2.09. The summed E-state index contributed by atoms with van der Waals surface area (Å²) >= 11 is 6.02. The molecular formula is C26H40ClN3O4. The van der Waals surface area contributed by atoms with Gasteiger partial charge in [0.2, 0.25) is 17.7 Å². The summed E-state index contributed by atoms with van der Waals surface area (Å²) in [4.78, 5) is 39.9. The fraction of sp³-hybridized carbons (Fsp3) is 0.654. The molecular weight excluding hydrogens is 454 g/mol. The molecule has 0 aliphatic carbocycles. The van der Waals surface area contributed by atoms with Crippen molar-refractivity contribution in [2.45, 2.75) is 72.4 Å². The molecule has 1 aromatic carbocycles. The minimum Gasteiger partial charge on any atom is -0.384 e. The lowest BCUT2D eigenvalue weighted by atomic mass is 9.66. The second-order valence-electron chi connectivity index (χ2n) is 11.0. The van der Waals surface area contributed by atoms with Crippen molar-refractivity contribution >= 4 is 29.3 Å². The monoisotopic (exact) mass is 493 g/mol. The number of hydrogen-bond donors (Lipinski definition) is 3. The van der Waals surface area contributed by atoms with Gasteiger partial charge in [0.15, 0.2) is 0 Å². The van der Waals surface area contributed by atoms with Crippen LogP contribution in [0.4, 0.5) is 0 Å². The summed E-state index contributed by atoms with van der Waals surface area (Å²) in [5.41, 5.74) is -1.61. The molecule has 0 spiro atoms. The first-order chi connectivity index (χ1) is 15.6. The number of carbonyl (C=O) groups is 3. The zero-order chi connectivity index (χ0) is 25.9. The van der Waals surface area contributed by atoms with Gasteiger partial charge in [0, 0.05) is 42.4 Å². The lowest BCUT2D eigenvalue weighted by Gasteiger charge is -2.51. The Labute approximate surface area is 208 Å². The molecule has 0 saturated carbocycles. The Morgan fingerprint density at radius 3 is 2.26 bits per heavy atom. The van der Waals surface area contributed by atoms with Crippen LogP contribution in [0.15, 0.2) is 24.3 Å². The van der Waals surface area contributed by atoms with Crippen LogP contribution >= 0.6 is 11.6 Å². The lowest BCUT2D eigenvalue weighted by Crippen LogP contribution is -2.60. The molecule has 3 N–H and O–H groups in total. The Morgan fingerprint density at radius 2 is 1.76 bits per heavy atom. The Kier molecular flexibility index (Phi) is 8.81. The normalized spacial score (nSPS) is 21.2. The van der Waals surface area contributed by atoms with Gasteiger partial charge in [-0.3, -0.25) is 14.4 Å². The molecule has 0 bridgehead atoms. The van der Waals surface area contributed by atoms with Gasteiger partial charge in [-0.1, -0.05) is 65.3 Å². The molecule has 3 amide bonds. The molecule has 34 heavy (non-hydrogen) atoms. The van der Waals surface area contributed by atoms with E-state index in [0.717, 1.165) is 5.56 Å². The van der Waals surface area contributed by atoms with Crippen LogP contribution < -0.4 is 10.6 Å². The van der Waals surface area contributed by atoms with E-state index < -0.39 is 22.5 Å². The van der Waals surface area contributed by atoms with E-state index in [9.17, 15) is 19.5 Å². The molecule has 7 nitrogen and oxygen atoms in total. The van der Waals surface area contributed by atoms with Gasteiger partial charge in [-0.25, -0.2) is 0 Å². The summed E-state index contributed by atoms with van der Waals surface area (Å²) in [6, 6.07) is 6.52. The quantitative estimate of drug-likeness (QED) is 0.516. The molecule has 8 heteroatoms. The van der Waals surface area contributed by atoms with Crippen molar-refractivity contribution in [2.75, 3.05) is 20.1 Å². The third kappa shape index (κ3) is 6.11. The molecule has 2 unspecified atom stereocenters. The number of rotatable bonds is 8. The van der Waals surface area contributed by atoms with Gasteiger partial charge in [-0.05, 0) is 36.5 Å². The molecule has 190 valence electrons. The topological polar surface area (TPSA) is 98.7 Å². The zero-order valence-corrected chi connectivity index (χ0v) is 22.3. The third-order valence-electron chi connectivity index (χ3n) is 7.15. The molecule has 1 heterocycles. The highest BCUT2D eigenvalue weighted by Gasteiger charge is 2.50. The second kappa shape index (κ2) is 10.6. The van der Waals surface area contributed by atoms with Crippen LogP contribution in [-0.4, -0.2) is 53.9 Å². The summed E-state index contributed by atoms with van der Waals surface area (Å²) in [5.74, 6) is -0.637. The number of piperidine rings is 1. The average Bonchev–Trinajstić information content (AvgIpc) is 2.77. The molecule has 1 aliphatic rings. The van der Waals surface area contributed by atoms with Crippen LogP contribution in [0.2, 0.25) is 5.02 Å². The van der Waals surface area contributed by atoms with Crippen molar-refractivity contribution in [1.29, 1.82) is 0 Å². The number of nitrogens with one attached hydrogen (secondary N) is 2. The number of amides is 3. The predicted octanol–water partition coefficient (Wildman–Crippen LogP) is 3.48. The van der Waals surface area contributed by atoms with E-state index in [2.05, 4.69) is 10.6 Å². The summed E-state index contributed by atoms with van der Waals surface area (Å²) in [5, 5.41) is 17.7. The number of halogens is 1. The number of benzene rings is 1. The maximum absolute atomic E-state index is 13.5. The molecule has 1 fully saturated rings. The third-order valence-corrected chi connectivity index (χ3v) is 7.40. The maximum atomic E-state index is 13.5. The standard InChI is InChI=1S/C26H40ClN3O4/c1-17(2)21(29-20(31)12-13-24(3,4)23(33)28-7)22(32)30-15-14-26(34,25(5,6)16-30)18-8-10-19(27)11-9-18/h8-11,17,21,34H,12-16H2,1-7H3,(H,28,33)(H,29,31). The van der Waals surface area contributed by atoms with E-state index >= 15 is 0 Å². The fourth-order valence-electron chi connectivity index (χ4n) is 4.60. The summed E-state index contributed by atoms with van der Waals surface area (Å²) < 4.78 is 0. The van der Waals surface area contributed by atoms with Crippen molar-refractivity contribution < 1.29 is 19.5 Å². The van der Waals surface area contributed by atoms with Crippen LogP contribution in [0.5, 0.6) is 0 Å². The van der Waals surface area contributed by atoms with Gasteiger partial charge in [0.1, 0.15) is 6.04 Å². The average molecular weight is 494 g/mol. The van der Waals surface area contributed by atoms with Crippen molar-refractivity contribution in [2.24, 2.45) is 16.7 Å². The minimum atomic E-state index is -1.10. The van der Waals surface area contributed by atoms with E-state index in [1.807, 2.05) is 39.8 Å².